The first-order chi connectivity index (χ1) is 12.9. The van der Waals surface area contributed by atoms with Crippen LogP contribution in [0.15, 0.2) is 48.5 Å². The molecule has 1 heterocycles. The molecule has 3 nitrogen and oxygen atoms in total. The fourth-order valence-corrected chi connectivity index (χ4v) is 3.95. The maximum Gasteiger partial charge on any atom is 0.173 e. The van der Waals surface area contributed by atoms with Crippen LogP contribution in [0.4, 0.5) is 5.69 Å². The number of anilines is 1. The molecule has 0 atom stereocenters. The van der Waals surface area contributed by atoms with Crippen LogP contribution >= 0.6 is 12.2 Å². The second-order valence-electron chi connectivity index (χ2n) is 8.26. The molecule has 0 spiro atoms. The Bertz CT molecular complexity index is 772. The highest BCUT2D eigenvalue weighted by Crippen LogP contribution is 2.34. The molecule has 1 N–H and O–H groups in total. The SMILES string of the molecule is COc1ccccc1C1CCN(C(=S)Nc2ccc(C(C)(C)C)cc2)CC1. The van der Waals surface area contributed by atoms with Gasteiger partial charge in [0.25, 0.3) is 0 Å². The van der Waals surface area contributed by atoms with Crippen LogP contribution in [-0.4, -0.2) is 30.2 Å². The van der Waals surface area contributed by atoms with E-state index in [1.807, 2.05) is 6.07 Å². The molecule has 0 saturated carbocycles. The lowest BCUT2D eigenvalue weighted by Crippen LogP contribution is -2.40. The maximum absolute atomic E-state index is 5.66. The van der Waals surface area contributed by atoms with Crippen LogP contribution in [0.1, 0.15) is 50.7 Å². The number of piperidine rings is 1. The van der Waals surface area contributed by atoms with E-state index in [2.05, 4.69) is 73.5 Å². The first-order valence-electron chi connectivity index (χ1n) is 9.68. The summed E-state index contributed by atoms with van der Waals surface area (Å²) in [5, 5.41) is 4.22. The zero-order valence-corrected chi connectivity index (χ0v) is 17.6. The summed E-state index contributed by atoms with van der Waals surface area (Å²) in [7, 11) is 1.75. The van der Waals surface area contributed by atoms with Gasteiger partial charge in [0.2, 0.25) is 0 Å². The summed E-state index contributed by atoms with van der Waals surface area (Å²) in [6, 6.07) is 17.0. The Morgan fingerprint density at radius 2 is 1.67 bits per heavy atom. The van der Waals surface area contributed by atoms with E-state index in [0.717, 1.165) is 42.5 Å². The average Bonchev–Trinajstić information content (AvgIpc) is 2.68. The number of likely N-dealkylation sites (tertiary alicyclic amines) is 1. The number of methoxy groups -OCH3 is 1. The van der Waals surface area contributed by atoms with Gasteiger partial charge in [0.15, 0.2) is 5.11 Å². The van der Waals surface area contributed by atoms with Gasteiger partial charge in [-0.25, -0.2) is 0 Å². The first kappa shape index (κ1) is 19.7. The average molecular weight is 383 g/mol. The summed E-state index contributed by atoms with van der Waals surface area (Å²) in [5.74, 6) is 1.53. The predicted octanol–water partition coefficient (Wildman–Crippen LogP) is 5.57. The second-order valence-corrected chi connectivity index (χ2v) is 8.65. The van der Waals surface area contributed by atoms with Crippen LogP contribution in [-0.2, 0) is 5.41 Å². The van der Waals surface area contributed by atoms with E-state index in [1.165, 1.54) is 11.1 Å². The maximum atomic E-state index is 5.66. The van der Waals surface area contributed by atoms with Crippen molar-refractivity contribution in [1.82, 2.24) is 4.90 Å². The highest BCUT2D eigenvalue weighted by molar-refractivity contribution is 7.80. The zero-order chi connectivity index (χ0) is 19.4. The molecule has 0 amide bonds. The number of nitrogens with one attached hydrogen (secondary N) is 1. The largest absolute Gasteiger partial charge is 0.496 e. The summed E-state index contributed by atoms with van der Waals surface area (Å²) < 4.78 is 5.53. The number of nitrogens with zero attached hydrogens (tertiary/aromatic N) is 1. The molecule has 0 bridgehead atoms. The van der Waals surface area contributed by atoms with Gasteiger partial charge in [-0.15, -0.1) is 0 Å². The topological polar surface area (TPSA) is 24.5 Å². The van der Waals surface area contributed by atoms with E-state index in [-0.39, 0.29) is 5.41 Å². The molecule has 1 saturated heterocycles. The number of benzene rings is 2. The summed E-state index contributed by atoms with van der Waals surface area (Å²) in [5.41, 5.74) is 3.87. The lowest BCUT2D eigenvalue weighted by atomic mass is 9.87. The van der Waals surface area contributed by atoms with Gasteiger partial charge in [0.1, 0.15) is 5.75 Å². The lowest BCUT2D eigenvalue weighted by molar-refractivity contribution is 0.310. The number of para-hydroxylation sites is 1. The zero-order valence-electron chi connectivity index (χ0n) is 16.8. The molecular formula is C23H30N2OS. The molecule has 0 aromatic heterocycles. The van der Waals surface area contributed by atoms with E-state index >= 15 is 0 Å². The quantitative estimate of drug-likeness (QED) is 0.702. The molecule has 3 rings (SSSR count). The third kappa shape index (κ3) is 4.81. The van der Waals surface area contributed by atoms with Crippen molar-refractivity contribution in [3.8, 4) is 5.75 Å². The van der Waals surface area contributed by atoms with Crippen LogP contribution in [0.25, 0.3) is 0 Å². The second kappa shape index (κ2) is 8.30. The van der Waals surface area contributed by atoms with Gasteiger partial charge < -0.3 is 15.0 Å². The molecule has 1 aliphatic heterocycles. The van der Waals surface area contributed by atoms with Crippen molar-refractivity contribution >= 4 is 23.0 Å². The molecule has 0 aliphatic carbocycles. The molecule has 1 aliphatic rings. The molecule has 2 aromatic carbocycles. The minimum atomic E-state index is 0.166. The third-order valence-corrected chi connectivity index (χ3v) is 5.72. The Hall–Kier alpha value is -2.07. The standard InChI is InChI=1S/C23H30N2OS/c1-23(2,3)18-9-11-19(12-10-18)24-22(27)25-15-13-17(14-16-25)20-7-5-6-8-21(20)26-4/h5-12,17H,13-16H2,1-4H3,(H,24,27). The number of rotatable bonds is 3. The van der Waals surface area contributed by atoms with Crippen LogP contribution in [0.2, 0.25) is 0 Å². The normalized spacial score (nSPS) is 15.5. The van der Waals surface area contributed by atoms with Crippen LogP contribution in [0.3, 0.4) is 0 Å². The number of hydrogen-bond acceptors (Lipinski definition) is 2. The smallest absolute Gasteiger partial charge is 0.173 e. The lowest BCUT2D eigenvalue weighted by Gasteiger charge is -2.34. The Morgan fingerprint density at radius 1 is 1.04 bits per heavy atom. The highest BCUT2D eigenvalue weighted by Gasteiger charge is 2.24. The van der Waals surface area contributed by atoms with E-state index in [0.29, 0.717) is 5.92 Å². The van der Waals surface area contributed by atoms with Gasteiger partial charge in [-0.2, -0.15) is 0 Å². The molecule has 27 heavy (non-hydrogen) atoms. The summed E-state index contributed by atoms with van der Waals surface area (Å²) in [4.78, 5) is 2.28. The Balaban J connectivity index is 1.57. The molecule has 0 unspecified atom stereocenters. The minimum Gasteiger partial charge on any atom is -0.496 e. The number of thiocarbonyl (C=S) groups is 1. The fraction of sp³-hybridized carbons (Fsp3) is 0.435. The molecule has 0 radical (unpaired) electrons. The van der Waals surface area contributed by atoms with Crippen molar-refractivity contribution in [3.05, 3.63) is 59.7 Å². The Labute approximate surface area is 168 Å². The van der Waals surface area contributed by atoms with Gasteiger partial charge in [-0.1, -0.05) is 51.1 Å². The molecule has 144 valence electrons. The first-order valence-corrected chi connectivity index (χ1v) is 10.1. The molecule has 4 heteroatoms. The van der Waals surface area contributed by atoms with E-state index in [1.54, 1.807) is 7.11 Å². The third-order valence-electron chi connectivity index (χ3n) is 5.36. The Kier molecular flexibility index (Phi) is 6.05. The van der Waals surface area contributed by atoms with Crippen LogP contribution in [0.5, 0.6) is 5.75 Å². The van der Waals surface area contributed by atoms with Crippen molar-refractivity contribution in [2.45, 2.75) is 44.9 Å². The summed E-state index contributed by atoms with van der Waals surface area (Å²) in [6.45, 7) is 8.62. The van der Waals surface area contributed by atoms with Crippen molar-refractivity contribution in [1.29, 1.82) is 0 Å². The van der Waals surface area contributed by atoms with Crippen LogP contribution < -0.4 is 10.1 Å². The van der Waals surface area contributed by atoms with Crippen molar-refractivity contribution in [2.75, 3.05) is 25.5 Å². The molecule has 1 fully saturated rings. The number of ether oxygens (including phenoxy) is 1. The highest BCUT2D eigenvalue weighted by atomic mass is 32.1. The monoisotopic (exact) mass is 382 g/mol. The van der Waals surface area contributed by atoms with Crippen molar-refractivity contribution in [2.24, 2.45) is 0 Å². The van der Waals surface area contributed by atoms with Crippen LogP contribution in [0, 0.1) is 0 Å². The summed E-state index contributed by atoms with van der Waals surface area (Å²) in [6.07, 6.45) is 2.18. The molecular weight excluding hydrogens is 352 g/mol. The van der Waals surface area contributed by atoms with Gasteiger partial charge >= 0.3 is 0 Å². The van der Waals surface area contributed by atoms with E-state index < -0.39 is 0 Å². The fourth-order valence-electron chi connectivity index (χ4n) is 3.65. The van der Waals surface area contributed by atoms with Crippen molar-refractivity contribution < 1.29 is 4.74 Å². The van der Waals surface area contributed by atoms with Gasteiger partial charge in [0, 0.05) is 18.8 Å². The van der Waals surface area contributed by atoms with Gasteiger partial charge in [-0.3, -0.25) is 0 Å². The summed E-state index contributed by atoms with van der Waals surface area (Å²) >= 11 is 5.66. The minimum absolute atomic E-state index is 0.166. The number of hydrogen-bond donors (Lipinski definition) is 1. The van der Waals surface area contributed by atoms with Gasteiger partial charge in [0.05, 0.1) is 7.11 Å². The van der Waals surface area contributed by atoms with Crippen molar-refractivity contribution in [3.63, 3.8) is 0 Å². The molecule has 2 aromatic rings. The van der Waals surface area contributed by atoms with Gasteiger partial charge in [-0.05, 0) is 65.7 Å². The predicted molar refractivity (Wildman–Crippen MR) is 118 cm³/mol. The Morgan fingerprint density at radius 3 is 2.26 bits per heavy atom. The van der Waals surface area contributed by atoms with E-state index in [4.69, 9.17) is 17.0 Å². The van der Waals surface area contributed by atoms with E-state index in [9.17, 15) is 0 Å².